The first-order chi connectivity index (χ1) is 14.4. The van der Waals surface area contributed by atoms with Crippen molar-refractivity contribution in [2.75, 3.05) is 13.1 Å². The van der Waals surface area contributed by atoms with E-state index < -0.39 is 10.0 Å². The molecule has 0 spiro atoms. The molecule has 0 saturated carbocycles. The van der Waals surface area contributed by atoms with Crippen LogP contribution in [0.1, 0.15) is 48.9 Å². The van der Waals surface area contributed by atoms with Crippen LogP contribution >= 0.6 is 11.6 Å². The Balaban J connectivity index is 1.37. The summed E-state index contributed by atoms with van der Waals surface area (Å²) in [5.74, 6) is -0.238. The molecule has 1 aliphatic heterocycles. The van der Waals surface area contributed by atoms with Crippen molar-refractivity contribution in [3.05, 3.63) is 64.2 Å². The van der Waals surface area contributed by atoms with Crippen LogP contribution in [0, 0.1) is 5.92 Å². The van der Waals surface area contributed by atoms with Crippen LogP contribution in [-0.4, -0.2) is 31.7 Å². The number of sulfonamides is 1. The first-order valence-electron chi connectivity index (χ1n) is 10.5. The molecule has 2 aliphatic rings. The van der Waals surface area contributed by atoms with Crippen molar-refractivity contribution in [1.29, 1.82) is 0 Å². The Morgan fingerprint density at radius 2 is 1.80 bits per heavy atom. The van der Waals surface area contributed by atoms with Gasteiger partial charge in [0.25, 0.3) is 0 Å². The van der Waals surface area contributed by atoms with E-state index in [2.05, 4.69) is 5.32 Å². The zero-order valence-electron chi connectivity index (χ0n) is 17.1. The van der Waals surface area contributed by atoms with Crippen molar-refractivity contribution in [1.82, 2.24) is 9.62 Å². The summed E-state index contributed by atoms with van der Waals surface area (Å²) in [6.07, 6.45) is 4.11. The number of carbonyl (C=O) groups excluding carboxylic acids is 1. The topological polar surface area (TPSA) is 66.5 Å². The number of aryl methyl sites for hydroxylation is 2. The van der Waals surface area contributed by atoms with Gasteiger partial charge in [-0.05, 0) is 73.9 Å². The minimum Gasteiger partial charge on any atom is -0.349 e. The maximum atomic E-state index is 13.1. The number of amides is 1. The lowest BCUT2D eigenvalue weighted by atomic mass is 9.96. The average Bonchev–Trinajstić information content (AvgIpc) is 3.22. The lowest BCUT2D eigenvalue weighted by Crippen LogP contribution is -2.43. The largest absolute Gasteiger partial charge is 0.349 e. The van der Waals surface area contributed by atoms with Gasteiger partial charge in [0, 0.05) is 24.0 Å². The number of carbonyl (C=O) groups is 1. The molecule has 30 heavy (non-hydrogen) atoms. The number of hydrogen-bond acceptors (Lipinski definition) is 3. The van der Waals surface area contributed by atoms with Gasteiger partial charge >= 0.3 is 0 Å². The second kappa shape index (κ2) is 8.69. The molecule has 1 fully saturated rings. The molecule has 4 rings (SSSR count). The van der Waals surface area contributed by atoms with Crippen LogP contribution in [-0.2, 0) is 27.7 Å². The van der Waals surface area contributed by atoms with E-state index in [0.717, 1.165) is 30.4 Å². The number of fused-ring (bicyclic) bond motifs is 1. The highest BCUT2D eigenvalue weighted by Gasteiger charge is 2.33. The fourth-order valence-electron chi connectivity index (χ4n) is 4.45. The number of rotatable bonds is 5. The molecular formula is C23H27ClN2O3S. The first-order valence-corrected chi connectivity index (χ1v) is 12.3. The zero-order valence-corrected chi connectivity index (χ0v) is 18.7. The van der Waals surface area contributed by atoms with E-state index in [1.54, 1.807) is 6.07 Å². The Bertz CT molecular complexity index is 1050. The summed E-state index contributed by atoms with van der Waals surface area (Å²) in [4.78, 5) is 13.1. The number of piperidine rings is 1. The Morgan fingerprint density at radius 3 is 2.53 bits per heavy atom. The van der Waals surface area contributed by atoms with Gasteiger partial charge in [-0.25, -0.2) is 8.42 Å². The summed E-state index contributed by atoms with van der Waals surface area (Å²) < 4.78 is 27.7. The zero-order chi connectivity index (χ0) is 21.3. The van der Waals surface area contributed by atoms with Gasteiger partial charge in [-0.15, -0.1) is 0 Å². The molecule has 1 heterocycles. The Hall–Kier alpha value is -1.89. The third-order valence-corrected chi connectivity index (χ3v) is 8.50. The van der Waals surface area contributed by atoms with E-state index in [9.17, 15) is 13.2 Å². The highest BCUT2D eigenvalue weighted by Crippen LogP contribution is 2.29. The van der Waals surface area contributed by atoms with Crippen molar-refractivity contribution in [3.63, 3.8) is 0 Å². The van der Waals surface area contributed by atoms with Crippen molar-refractivity contribution < 1.29 is 13.2 Å². The Labute approximate surface area is 183 Å². The molecule has 0 aromatic heterocycles. The molecule has 1 aliphatic carbocycles. The van der Waals surface area contributed by atoms with E-state index in [0.29, 0.717) is 35.8 Å². The monoisotopic (exact) mass is 446 g/mol. The highest BCUT2D eigenvalue weighted by molar-refractivity contribution is 7.89. The van der Waals surface area contributed by atoms with Crippen LogP contribution < -0.4 is 5.32 Å². The normalized spacial score (nSPS) is 18.7. The van der Waals surface area contributed by atoms with Crippen molar-refractivity contribution in [2.24, 2.45) is 5.92 Å². The summed E-state index contributed by atoms with van der Waals surface area (Å²) in [7, 11) is -3.52. The maximum Gasteiger partial charge on any atom is 0.243 e. The molecule has 0 radical (unpaired) electrons. The second-order valence-corrected chi connectivity index (χ2v) is 10.6. The number of halogens is 1. The predicted octanol–water partition coefficient (Wildman–Crippen LogP) is 4.11. The van der Waals surface area contributed by atoms with E-state index >= 15 is 0 Å². The van der Waals surface area contributed by atoms with E-state index in [4.69, 9.17) is 11.6 Å². The van der Waals surface area contributed by atoms with Crippen LogP contribution in [0.25, 0.3) is 0 Å². The summed E-state index contributed by atoms with van der Waals surface area (Å²) in [5.41, 5.74) is 3.29. The molecule has 1 atom stereocenters. The first kappa shape index (κ1) is 21.3. The SMILES string of the molecule is CC(NC(=O)C1CCN(S(=O)(=O)c2ccc3c(c2)CCC3)CC1)c1ccccc1Cl. The molecular weight excluding hydrogens is 420 g/mol. The predicted molar refractivity (Wildman–Crippen MR) is 118 cm³/mol. The Kier molecular flexibility index (Phi) is 6.19. The third kappa shape index (κ3) is 4.27. The number of nitrogens with zero attached hydrogens (tertiary/aromatic N) is 1. The molecule has 7 heteroatoms. The summed E-state index contributed by atoms with van der Waals surface area (Å²) in [6.45, 7) is 2.63. The summed E-state index contributed by atoms with van der Waals surface area (Å²) in [5, 5.41) is 3.65. The molecule has 5 nitrogen and oxygen atoms in total. The van der Waals surface area contributed by atoms with E-state index in [-0.39, 0.29) is 17.9 Å². The van der Waals surface area contributed by atoms with Crippen LogP contribution in [0.5, 0.6) is 0 Å². The van der Waals surface area contributed by atoms with Crippen molar-refractivity contribution in [3.8, 4) is 0 Å². The van der Waals surface area contributed by atoms with Gasteiger partial charge in [0.2, 0.25) is 15.9 Å². The molecule has 1 saturated heterocycles. The van der Waals surface area contributed by atoms with Crippen LogP contribution in [0.15, 0.2) is 47.4 Å². The average molecular weight is 447 g/mol. The van der Waals surface area contributed by atoms with Crippen molar-refractivity contribution >= 4 is 27.5 Å². The van der Waals surface area contributed by atoms with Gasteiger partial charge in [-0.2, -0.15) is 4.31 Å². The Morgan fingerprint density at radius 1 is 1.10 bits per heavy atom. The number of nitrogens with one attached hydrogen (secondary N) is 1. The van der Waals surface area contributed by atoms with Gasteiger partial charge in [0.1, 0.15) is 0 Å². The standard InChI is InChI=1S/C23H27ClN2O3S/c1-16(21-7-2-3-8-22(21)24)25-23(27)18-11-13-26(14-12-18)30(28,29)20-10-9-17-5-4-6-19(17)15-20/h2-3,7-10,15-16,18H,4-6,11-14H2,1H3,(H,25,27). The molecule has 1 N–H and O–H groups in total. The van der Waals surface area contributed by atoms with Gasteiger partial charge in [-0.1, -0.05) is 35.9 Å². The highest BCUT2D eigenvalue weighted by atomic mass is 35.5. The molecule has 160 valence electrons. The molecule has 1 unspecified atom stereocenters. The smallest absolute Gasteiger partial charge is 0.243 e. The van der Waals surface area contributed by atoms with Crippen molar-refractivity contribution in [2.45, 2.75) is 50.0 Å². The lowest BCUT2D eigenvalue weighted by molar-refractivity contribution is -0.126. The van der Waals surface area contributed by atoms with Gasteiger partial charge in [0.05, 0.1) is 10.9 Å². The fraction of sp³-hybridized carbons (Fsp3) is 0.435. The number of benzene rings is 2. The van der Waals surface area contributed by atoms with Crippen LogP contribution in [0.4, 0.5) is 0 Å². The molecule has 2 aromatic carbocycles. The summed E-state index contributed by atoms with van der Waals surface area (Å²) >= 11 is 6.23. The minimum atomic E-state index is -3.52. The molecule has 1 amide bonds. The van der Waals surface area contributed by atoms with Gasteiger partial charge in [0.15, 0.2) is 0 Å². The molecule has 2 aromatic rings. The van der Waals surface area contributed by atoms with Gasteiger partial charge < -0.3 is 5.32 Å². The number of hydrogen-bond donors (Lipinski definition) is 1. The second-order valence-electron chi connectivity index (χ2n) is 8.21. The summed E-state index contributed by atoms with van der Waals surface area (Å²) in [6, 6.07) is 12.8. The van der Waals surface area contributed by atoms with Crippen LogP contribution in [0.2, 0.25) is 5.02 Å². The third-order valence-electron chi connectivity index (χ3n) is 6.26. The van der Waals surface area contributed by atoms with Gasteiger partial charge in [-0.3, -0.25) is 4.79 Å². The minimum absolute atomic E-state index is 0.0444. The maximum absolute atomic E-state index is 13.1. The van der Waals surface area contributed by atoms with Crippen LogP contribution in [0.3, 0.4) is 0 Å². The van der Waals surface area contributed by atoms with E-state index in [1.165, 1.54) is 9.87 Å². The fourth-order valence-corrected chi connectivity index (χ4v) is 6.27. The lowest BCUT2D eigenvalue weighted by Gasteiger charge is -2.31. The quantitative estimate of drug-likeness (QED) is 0.751. The van der Waals surface area contributed by atoms with E-state index in [1.807, 2.05) is 43.3 Å². The molecule has 0 bridgehead atoms.